The monoisotopic (exact) mass is 283 g/mol. The largest absolute Gasteiger partial charge is 0.465 e. The maximum atomic E-state index is 11.2. The summed E-state index contributed by atoms with van der Waals surface area (Å²) in [5.41, 5.74) is 1.09. The molecular weight excluding hydrogens is 262 g/mol. The molecule has 0 aliphatic heterocycles. The number of carbonyl (C=O) groups excluding carboxylic acids is 1. The van der Waals surface area contributed by atoms with Gasteiger partial charge in [0.1, 0.15) is 0 Å². The molecule has 0 amide bonds. The molecule has 0 saturated carbocycles. The van der Waals surface area contributed by atoms with Gasteiger partial charge in [-0.05, 0) is 27.7 Å². The number of rotatable bonds is 6. The number of nitrogens with one attached hydrogen (secondary N) is 1. The van der Waals surface area contributed by atoms with Crippen molar-refractivity contribution < 1.29 is 9.53 Å². The van der Waals surface area contributed by atoms with Gasteiger partial charge in [0.25, 0.3) is 0 Å². The Labute approximate surface area is 118 Å². The summed E-state index contributed by atoms with van der Waals surface area (Å²) in [6.07, 6.45) is 3.55. The van der Waals surface area contributed by atoms with Gasteiger partial charge in [-0.3, -0.25) is 4.79 Å². The van der Waals surface area contributed by atoms with E-state index in [1.54, 1.807) is 19.3 Å². The molecule has 1 N–H and O–H groups in total. The van der Waals surface area contributed by atoms with E-state index < -0.39 is 0 Å². The molecule has 1 rings (SSSR count). The molecule has 1 aromatic rings. The van der Waals surface area contributed by atoms with E-state index in [0.717, 1.165) is 12.1 Å². The van der Waals surface area contributed by atoms with E-state index >= 15 is 0 Å². The smallest absolute Gasteiger partial charge is 0.316 e. The number of nitrogens with zero attached hydrogens (tertiary/aromatic N) is 2. The van der Waals surface area contributed by atoms with Gasteiger partial charge >= 0.3 is 5.97 Å². The van der Waals surface area contributed by atoms with Crippen molar-refractivity contribution in [2.45, 2.75) is 44.9 Å². The minimum atomic E-state index is -0.241. The number of hydrogen-bond donors (Lipinski definition) is 1. The lowest BCUT2D eigenvalue weighted by Gasteiger charge is -2.20. The van der Waals surface area contributed by atoms with Gasteiger partial charge in [-0.2, -0.15) is 0 Å². The Balaban J connectivity index is 2.41. The lowest BCUT2D eigenvalue weighted by atomic mass is 10.1. The van der Waals surface area contributed by atoms with Crippen LogP contribution < -0.4 is 5.32 Å². The third kappa shape index (κ3) is 7.12. The van der Waals surface area contributed by atoms with Crippen LogP contribution in [0.5, 0.6) is 0 Å². The van der Waals surface area contributed by atoms with Crippen LogP contribution in [0.4, 0.5) is 0 Å². The highest BCUT2D eigenvalue weighted by atomic mass is 32.2. The van der Waals surface area contributed by atoms with Crippen molar-refractivity contribution in [2.24, 2.45) is 0 Å². The summed E-state index contributed by atoms with van der Waals surface area (Å²) >= 11 is 1.28. The average molecular weight is 283 g/mol. The first-order chi connectivity index (χ1) is 8.90. The minimum Gasteiger partial charge on any atom is -0.465 e. The molecule has 0 radical (unpaired) electrons. The zero-order valence-electron chi connectivity index (χ0n) is 11.9. The summed E-state index contributed by atoms with van der Waals surface area (Å²) in [7, 11) is 0. The number of carbonyl (C=O) groups is 1. The van der Waals surface area contributed by atoms with Gasteiger partial charge in [-0.25, -0.2) is 9.97 Å². The van der Waals surface area contributed by atoms with Crippen molar-refractivity contribution in [2.75, 3.05) is 12.4 Å². The lowest BCUT2D eigenvalue weighted by molar-refractivity contribution is -0.139. The maximum Gasteiger partial charge on any atom is 0.316 e. The quantitative estimate of drug-likeness (QED) is 0.489. The van der Waals surface area contributed by atoms with Gasteiger partial charge < -0.3 is 10.1 Å². The summed E-state index contributed by atoms with van der Waals surface area (Å²) in [5, 5.41) is 3.95. The normalized spacial score (nSPS) is 11.4. The highest BCUT2D eigenvalue weighted by Crippen LogP contribution is 2.12. The predicted octanol–water partition coefficient (Wildman–Crippen LogP) is 2.02. The maximum absolute atomic E-state index is 11.2. The molecule has 0 spiro atoms. The van der Waals surface area contributed by atoms with E-state index in [4.69, 9.17) is 4.74 Å². The zero-order valence-corrected chi connectivity index (χ0v) is 12.7. The molecule has 0 aliphatic carbocycles. The first kappa shape index (κ1) is 15.9. The molecule has 0 fully saturated rings. The van der Waals surface area contributed by atoms with Crippen molar-refractivity contribution in [3.8, 4) is 0 Å². The van der Waals surface area contributed by atoms with Crippen LogP contribution in [-0.4, -0.2) is 33.8 Å². The minimum absolute atomic E-state index is 0.0668. The summed E-state index contributed by atoms with van der Waals surface area (Å²) in [4.78, 5) is 19.6. The fourth-order valence-electron chi connectivity index (χ4n) is 1.20. The molecule has 1 heterocycles. The molecule has 5 nitrogen and oxygen atoms in total. The molecule has 0 bridgehead atoms. The van der Waals surface area contributed by atoms with Gasteiger partial charge in [0.2, 0.25) is 0 Å². The Kier molecular flexibility index (Phi) is 6.24. The van der Waals surface area contributed by atoms with Gasteiger partial charge in [-0.15, -0.1) is 0 Å². The zero-order chi connectivity index (χ0) is 14.3. The van der Waals surface area contributed by atoms with Gasteiger partial charge in [-0.1, -0.05) is 11.8 Å². The molecule has 0 atom stereocenters. The molecule has 106 valence electrons. The van der Waals surface area contributed by atoms with Crippen LogP contribution in [0, 0.1) is 0 Å². The van der Waals surface area contributed by atoms with E-state index in [0.29, 0.717) is 11.8 Å². The lowest BCUT2D eigenvalue weighted by Crippen LogP contribution is -2.35. The Morgan fingerprint density at radius 3 is 2.53 bits per heavy atom. The standard InChI is InChI=1S/C13H21N3O2S/c1-5-18-11(17)9-19-12-14-6-10(7-15-12)8-16-13(2,3)4/h6-7,16H,5,8-9H2,1-4H3. The Morgan fingerprint density at radius 2 is 2.00 bits per heavy atom. The first-order valence-electron chi connectivity index (χ1n) is 6.25. The fourth-order valence-corrected chi connectivity index (χ4v) is 1.79. The second kappa shape index (κ2) is 7.45. The van der Waals surface area contributed by atoms with E-state index in [1.165, 1.54) is 11.8 Å². The van der Waals surface area contributed by atoms with E-state index in [2.05, 4.69) is 36.1 Å². The van der Waals surface area contributed by atoms with Crippen LogP contribution in [0.25, 0.3) is 0 Å². The predicted molar refractivity (Wildman–Crippen MR) is 76.0 cm³/mol. The first-order valence-corrected chi connectivity index (χ1v) is 7.23. The SMILES string of the molecule is CCOC(=O)CSc1ncc(CNC(C)(C)C)cn1. The number of hydrogen-bond acceptors (Lipinski definition) is 6. The molecule has 6 heteroatoms. The topological polar surface area (TPSA) is 64.1 Å². The summed E-state index contributed by atoms with van der Waals surface area (Å²) < 4.78 is 4.84. The molecule has 0 saturated heterocycles. The van der Waals surface area contributed by atoms with Crippen LogP contribution >= 0.6 is 11.8 Å². The second-order valence-corrected chi connectivity index (χ2v) is 6.01. The van der Waals surface area contributed by atoms with Crippen molar-refractivity contribution in [1.82, 2.24) is 15.3 Å². The third-order valence-electron chi connectivity index (χ3n) is 2.13. The van der Waals surface area contributed by atoms with Gasteiger partial charge in [0.15, 0.2) is 5.16 Å². The molecular formula is C13H21N3O2S. The van der Waals surface area contributed by atoms with Crippen LogP contribution in [0.3, 0.4) is 0 Å². The van der Waals surface area contributed by atoms with Crippen LogP contribution in [0.2, 0.25) is 0 Å². The number of aromatic nitrogens is 2. The summed E-state index contributed by atoms with van der Waals surface area (Å²) in [6.45, 7) is 9.24. The highest BCUT2D eigenvalue weighted by Gasteiger charge is 2.09. The van der Waals surface area contributed by atoms with Crippen molar-refractivity contribution in [3.05, 3.63) is 18.0 Å². The fraction of sp³-hybridized carbons (Fsp3) is 0.615. The number of esters is 1. The van der Waals surface area contributed by atoms with Crippen molar-refractivity contribution in [3.63, 3.8) is 0 Å². The molecule has 0 aliphatic rings. The van der Waals surface area contributed by atoms with Gasteiger partial charge in [0.05, 0.1) is 12.4 Å². The highest BCUT2D eigenvalue weighted by molar-refractivity contribution is 7.99. The van der Waals surface area contributed by atoms with Crippen LogP contribution in [0.15, 0.2) is 17.6 Å². The van der Waals surface area contributed by atoms with Crippen LogP contribution in [-0.2, 0) is 16.1 Å². The molecule has 1 aromatic heterocycles. The van der Waals surface area contributed by atoms with E-state index in [-0.39, 0.29) is 17.3 Å². The van der Waals surface area contributed by atoms with Crippen molar-refractivity contribution in [1.29, 1.82) is 0 Å². The Morgan fingerprint density at radius 1 is 1.37 bits per heavy atom. The Bertz CT molecular complexity index is 401. The molecule has 19 heavy (non-hydrogen) atoms. The van der Waals surface area contributed by atoms with E-state index in [9.17, 15) is 4.79 Å². The van der Waals surface area contributed by atoms with Gasteiger partial charge in [0, 0.05) is 30.0 Å². The summed E-state index contributed by atoms with van der Waals surface area (Å²) in [6, 6.07) is 0. The second-order valence-electron chi connectivity index (χ2n) is 5.07. The number of thioether (sulfide) groups is 1. The van der Waals surface area contributed by atoms with E-state index in [1.807, 2.05) is 0 Å². The summed E-state index contributed by atoms with van der Waals surface area (Å²) in [5.74, 6) is 0.00235. The molecule has 0 aromatic carbocycles. The third-order valence-corrected chi connectivity index (χ3v) is 2.98. The van der Waals surface area contributed by atoms with Crippen molar-refractivity contribution >= 4 is 17.7 Å². The average Bonchev–Trinajstić information content (AvgIpc) is 2.34. The van der Waals surface area contributed by atoms with Crippen LogP contribution in [0.1, 0.15) is 33.3 Å². The number of ether oxygens (including phenoxy) is 1. The Hall–Kier alpha value is -1.14. The molecule has 0 unspecified atom stereocenters.